The van der Waals surface area contributed by atoms with E-state index < -0.39 is 6.10 Å². The minimum Gasteiger partial charge on any atom is -0.462 e. The monoisotopic (exact) mass is 875 g/mol. The van der Waals surface area contributed by atoms with E-state index in [9.17, 15) is 9.59 Å². The van der Waals surface area contributed by atoms with Crippen LogP contribution in [0.4, 0.5) is 0 Å². The van der Waals surface area contributed by atoms with Gasteiger partial charge < -0.3 is 14.2 Å². The van der Waals surface area contributed by atoms with Gasteiger partial charge in [0.2, 0.25) is 0 Å². The minimum absolute atomic E-state index is 0.0940. The zero-order valence-corrected chi connectivity index (χ0v) is 42.4. The number of ether oxygens (including phenoxy) is 3. The number of unbranched alkanes of at least 4 members (excludes halogenated alkanes) is 40. The van der Waals surface area contributed by atoms with Gasteiger partial charge in [-0.1, -0.05) is 270 Å². The fraction of sp³-hybridized carbons (Fsp3) is 0.930. The SMILES string of the molecule is CCCCCCCC/C=C\CCCCCCCCCCCC(=O)OC[C@@H](COCCCCCCCCCCCCCCCCCC)OC(=O)CCCCCCCCCCCCC. The third kappa shape index (κ3) is 51.3. The van der Waals surface area contributed by atoms with Crippen LogP contribution < -0.4 is 0 Å². The summed E-state index contributed by atoms with van der Waals surface area (Å²) in [6.45, 7) is 7.89. The van der Waals surface area contributed by atoms with Gasteiger partial charge >= 0.3 is 11.9 Å². The Labute approximate surface area is 388 Å². The maximum Gasteiger partial charge on any atom is 0.306 e. The molecule has 0 rings (SSSR count). The number of carbonyl (C=O) groups excluding carboxylic acids is 2. The lowest BCUT2D eigenvalue weighted by Gasteiger charge is -2.18. The molecule has 5 nitrogen and oxygen atoms in total. The molecule has 0 aliphatic carbocycles. The highest BCUT2D eigenvalue weighted by Gasteiger charge is 2.17. The number of hydrogen-bond donors (Lipinski definition) is 0. The van der Waals surface area contributed by atoms with Gasteiger partial charge in [-0.3, -0.25) is 9.59 Å². The molecule has 0 heterocycles. The first-order valence-electron chi connectivity index (χ1n) is 28.2. The average Bonchev–Trinajstić information content (AvgIpc) is 3.27. The lowest BCUT2D eigenvalue weighted by atomic mass is 10.0. The van der Waals surface area contributed by atoms with Crippen molar-refractivity contribution < 1.29 is 23.8 Å². The summed E-state index contributed by atoms with van der Waals surface area (Å²) in [4.78, 5) is 25.4. The van der Waals surface area contributed by atoms with E-state index in [0.717, 1.165) is 32.1 Å². The van der Waals surface area contributed by atoms with Crippen LogP contribution in [-0.4, -0.2) is 37.9 Å². The fourth-order valence-corrected chi connectivity index (χ4v) is 8.57. The molecule has 0 saturated heterocycles. The van der Waals surface area contributed by atoms with Crippen LogP contribution >= 0.6 is 0 Å². The Kier molecular flexibility index (Phi) is 52.8. The largest absolute Gasteiger partial charge is 0.462 e. The van der Waals surface area contributed by atoms with Gasteiger partial charge in [0.15, 0.2) is 6.10 Å². The van der Waals surface area contributed by atoms with E-state index in [4.69, 9.17) is 14.2 Å². The molecule has 5 heteroatoms. The van der Waals surface area contributed by atoms with Gasteiger partial charge in [0, 0.05) is 19.4 Å². The summed E-state index contributed by atoms with van der Waals surface area (Å²) in [5, 5.41) is 0. The normalized spacial score (nSPS) is 12.1. The highest BCUT2D eigenvalue weighted by atomic mass is 16.6. The Morgan fingerprint density at radius 3 is 0.984 bits per heavy atom. The maximum atomic E-state index is 12.8. The Morgan fingerprint density at radius 1 is 0.339 bits per heavy atom. The standard InChI is InChI=1S/C57H110O5/c1-4-7-10-13-16-19-22-24-26-28-29-30-31-33-36-38-41-44-47-50-56(58)61-54-55(62-57(59)51-48-45-42-39-35-21-18-15-12-9-6-3)53-60-52-49-46-43-40-37-34-32-27-25-23-20-17-14-11-8-5-2/h24,26,55H,4-23,25,27-54H2,1-3H3/b26-24-/t55-/m1/s1. The quantitative estimate of drug-likeness (QED) is 0.0346. The lowest BCUT2D eigenvalue weighted by Crippen LogP contribution is -2.30. The Morgan fingerprint density at radius 2 is 0.629 bits per heavy atom. The van der Waals surface area contributed by atoms with Crippen LogP contribution in [0.3, 0.4) is 0 Å². The number of allylic oxidation sites excluding steroid dienone is 2. The smallest absolute Gasteiger partial charge is 0.306 e. The minimum atomic E-state index is -0.527. The van der Waals surface area contributed by atoms with Crippen molar-refractivity contribution >= 4 is 11.9 Å². The van der Waals surface area contributed by atoms with Crippen LogP contribution in [0.1, 0.15) is 316 Å². The molecule has 0 unspecified atom stereocenters. The molecular formula is C57H110O5. The summed E-state index contributed by atoms with van der Waals surface area (Å²) >= 11 is 0. The van der Waals surface area contributed by atoms with E-state index in [0.29, 0.717) is 26.1 Å². The summed E-state index contributed by atoms with van der Waals surface area (Å²) in [5.41, 5.74) is 0. The fourth-order valence-electron chi connectivity index (χ4n) is 8.57. The Bertz CT molecular complexity index is 902. The summed E-state index contributed by atoms with van der Waals surface area (Å²) in [6.07, 6.45) is 62.3. The van der Waals surface area contributed by atoms with Crippen molar-refractivity contribution in [1.29, 1.82) is 0 Å². The van der Waals surface area contributed by atoms with Crippen molar-refractivity contribution in [1.82, 2.24) is 0 Å². The highest BCUT2D eigenvalue weighted by Crippen LogP contribution is 2.17. The highest BCUT2D eigenvalue weighted by molar-refractivity contribution is 5.70. The third-order valence-electron chi connectivity index (χ3n) is 12.8. The van der Waals surface area contributed by atoms with Crippen LogP contribution in [0, 0.1) is 0 Å². The van der Waals surface area contributed by atoms with Crippen molar-refractivity contribution in [3.05, 3.63) is 12.2 Å². The van der Waals surface area contributed by atoms with Gasteiger partial charge in [-0.25, -0.2) is 0 Å². The lowest BCUT2D eigenvalue weighted by molar-refractivity contribution is -0.163. The van der Waals surface area contributed by atoms with E-state index in [2.05, 4.69) is 32.9 Å². The first-order valence-corrected chi connectivity index (χ1v) is 28.2. The molecule has 0 aliphatic heterocycles. The summed E-state index contributed by atoms with van der Waals surface area (Å²) in [7, 11) is 0. The second-order valence-corrected chi connectivity index (χ2v) is 19.2. The third-order valence-corrected chi connectivity index (χ3v) is 12.8. The molecule has 0 fully saturated rings. The van der Waals surface area contributed by atoms with Gasteiger partial charge in [-0.2, -0.15) is 0 Å². The Hall–Kier alpha value is -1.36. The molecule has 0 spiro atoms. The molecule has 0 aromatic rings. The second-order valence-electron chi connectivity index (χ2n) is 19.2. The molecule has 0 bridgehead atoms. The van der Waals surface area contributed by atoms with Crippen molar-refractivity contribution in [2.45, 2.75) is 322 Å². The Balaban J connectivity index is 4.14. The van der Waals surface area contributed by atoms with Crippen molar-refractivity contribution in [3.8, 4) is 0 Å². The number of hydrogen-bond acceptors (Lipinski definition) is 5. The number of carbonyl (C=O) groups is 2. The molecule has 62 heavy (non-hydrogen) atoms. The molecule has 0 aliphatic rings. The van der Waals surface area contributed by atoms with Gasteiger partial charge in [0.05, 0.1) is 6.61 Å². The zero-order valence-electron chi connectivity index (χ0n) is 42.4. The van der Waals surface area contributed by atoms with Gasteiger partial charge in [-0.05, 0) is 44.9 Å². The second kappa shape index (κ2) is 54.0. The van der Waals surface area contributed by atoms with E-state index in [1.165, 1.54) is 250 Å². The molecule has 0 N–H and O–H groups in total. The molecular weight excluding hydrogens is 765 g/mol. The molecule has 1 atom stereocenters. The van der Waals surface area contributed by atoms with Crippen molar-refractivity contribution in [2.75, 3.05) is 19.8 Å². The van der Waals surface area contributed by atoms with E-state index in [-0.39, 0.29) is 18.5 Å². The van der Waals surface area contributed by atoms with Crippen LogP contribution in [0.5, 0.6) is 0 Å². The van der Waals surface area contributed by atoms with Crippen LogP contribution in [0.15, 0.2) is 12.2 Å². The van der Waals surface area contributed by atoms with Crippen molar-refractivity contribution in [2.24, 2.45) is 0 Å². The maximum absolute atomic E-state index is 12.8. The van der Waals surface area contributed by atoms with Gasteiger partial charge in [0.25, 0.3) is 0 Å². The van der Waals surface area contributed by atoms with Crippen LogP contribution in [-0.2, 0) is 23.8 Å². The zero-order chi connectivity index (χ0) is 44.9. The molecule has 0 aromatic heterocycles. The van der Waals surface area contributed by atoms with E-state index >= 15 is 0 Å². The predicted molar refractivity (Wildman–Crippen MR) is 270 cm³/mol. The van der Waals surface area contributed by atoms with E-state index in [1.807, 2.05) is 0 Å². The first-order chi connectivity index (χ1) is 30.6. The first kappa shape index (κ1) is 60.6. The van der Waals surface area contributed by atoms with Crippen LogP contribution in [0.25, 0.3) is 0 Å². The number of rotatable bonds is 53. The van der Waals surface area contributed by atoms with E-state index in [1.54, 1.807) is 0 Å². The molecule has 0 aromatic carbocycles. The summed E-state index contributed by atoms with van der Waals surface area (Å²) in [6, 6.07) is 0. The molecule has 368 valence electrons. The summed E-state index contributed by atoms with van der Waals surface area (Å²) < 4.78 is 17.5. The van der Waals surface area contributed by atoms with Crippen molar-refractivity contribution in [3.63, 3.8) is 0 Å². The number of esters is 2. The molecule has 0 saturated carbocycles. The molecule has 0 amide bonds. The average molecular weight is 876 g/mol. The molecule has 0 radical (unpaired) electrons. The predicted octanol–water partition coefficient (Wildman–Crippen LogP) is 19.0. The van der Waals surface area contributed by atoms with Gasteiger partial charge in [-0.15, -0.1) is 0 Å². The topological polar surface area (TPSA) is 61.8 Å². The summed E-state index contributed by atoms with van der Waals surface area (Å²) in [5.74, 6) is -0.376. The van der Waals surface area contributed by atoms with Crippen LogP contribution in [0.2, 0.25) is 0 Å². The van der Waals surface area contributed by atoms with Gasteiger partial charge in [0.1, 0.15) is 6.61 Å².